The first-order valence-electron chi connectivity index (χ1n) is 4.36. The van der Waals surface area contributed by atoms with E-state index in [4.69, 9.17) is 23.2 Å². The molecule has 90 valence electrons. The van der Waals surface area contributed by atoms with E-state index in [9.17, 15) is 5.11 Å². The van der Waals surface area contributed by atoms with Crippen molar-refractivity contribution in [2.75, 3.05) is 5.33 Å². The molecule has 1 nitrogen and oxygen atoms in total. The second-order valence-electron chi connectivity index (χ2n) is 3.25. The molecule has 0 aromatic heterocycles. The van der Waals surface area contributed by atoms with Gasteiger partial charge in [0, 0.05) is 0 Å². The molecule has 0 aliphatic heterocycles. The van der Waals surface area contributed by atoms with E-state index in [1.54, 1.807) is 24.3 Å². The maximum atomic E-state index is 12.3. The molecule has 0 N–H and O–H groups in total. The summed E-state index contributed by atoms with van der Waals surface area (Å²) in [5.41, 5.74) is -0.607. The number of benzene rings is 1. The molecule has 1 aromatic carbocycles. The van der Waals surface area contributed by atoms with Crippen molar-refractivity contribution in [1.82, 2.24) is 0 Å². The minimum Gasteiger partial charge on any atom is -1.00 e. The van der Waals surface area contributed by atoms with E-state index in [2.05, 4.69) is 22.5 Å². The van der Waals surface area contributed by atoms with E-state index in [1.807, 2.05) is 0 Å². The first kappa shape index (κ1) is 20.5. The van der Waals surface area contributed by atoms with Gasteiger partial charge in [0.05, 0.1) is 10.0 Å². The topological polar surface area (TPSA) is 23.1 Å². The van der Waals surface area contributed by atoms with Crippen LogP contribution in [-0.2, 0) is 5.60 Å². The normalized spacial score (nSPS) is 12.9. The number of hydrogen-bond donors (Lipinski definition) is 0. The fraction of sp³-hybridized carbons (Fsp3) is 0.273. The average Bonchev–Trinajstić information content (AvgIpc) is 2.22. The van der Waals surface area contributed by atoms with Crippen LogP contribution in [0.3, 0.4) is 0 Å². The van der Waals surface area contributed by atoms with Crippen molar-refractivity contribution < 1.29 is 22.1 Å². The standard InChI is InChI=1S/C11H10BrCl2O.BrH.Mg/c1-2-5-11(15,7-12)8-3-4-9(13)10(14)6-8;;/h2-4,6H,1,5,7H2;1H;/q-1;;+2/p-1. The Balaban J connectivity index is 0. The van der Waals surface area contributed by atoms with Gasteiger partial charge in [-0.15, -0.1) is 6.58 Å². The third kappa shape index (κ3) is 5.39. The molecule has 0 saturated heterocycles. The van der Waals surface area contributed by atoms with Crippen molar-refractivity contribution in [2.24, 2.45) is 0 Å². The number of alkyl halides is 1. The predicted molar refractivity (Wildman–Crippen MR) is 72.5 cm³/mol. The van der Waals surface area contributed by atoms with E-state index >= 15 is 0 Å². The van der Waals surface area contributed by atoms with Crippen LogP contribution in [0.25, 0.3) is 0 Å². The quantitative estimate of drug-likeness (QED) is 0.392. The second-order valence-corrected chi connectivity index (χ2v) is 4.62. The molecular weight excluding hydrogens is 403 g/mol. The summed E-state index contributed by atoms with van der Waals surface area (Å²) in [6.07, 6.45) is 1.95. The molecule has 0 radical (unpaired) electrons. The SMILES string of the molecule is C=CCC([O-])(CBr)c1ccc(Cl)c(Cl)c1.[Br-].[Mg+2]. The minimum absolute atomic E-state index is 0. The van der Waals surface area contributed by atoms with Crippen LogP contribution < -0.4 is 22.1 Å². The Bertz CT molecular complexity index is 376. The molecule has 6 heteroatoms. The molecule has 0 bridgehead atoms. The Morgan fingerprint density at radius 2 is 1.94 bits per heavy atom. The maximum Gasteiger partial charge on any atom is 2.00 e. The van der Waals surface area contributed by atoms with Gasteiger partial charge in [0.25, 0.3) is 0 Å². The molecule has 0 amide bonds. The van der Waals surface area contributed by atoms with Crippen LogP contribution in [0.4, 0.5) is 0 Å². The van der Waals surface area contributed by atoms with Crippen molar-refractivity contribution >= 4 is 62.2 Å². The van der Waals surface area contributed by atoms with Crippen LogP contribution in [0.15, 0.2) is 30.9 Å². The molecule has 0 heterocycles. The number of rotatable bonds is 4. The fourth-order valence-corrected chi connectivity index (χ4v) is 2.11. The van der Waals surface area contributed by atoms with Crippen LogP contribution in [0.1, 0.15) is 12.0 Å². The van der Waals surface area contributed by atoms with E-state index < -0.39 is 5.60 Å². The monoisotopic (exact) mass is 410 g/mol. The first-order valence-corrected chi connectivity index (χ1v) is 6.24. The van der Waals surface area contributed by atoms with Crippen LogP contribution >= 0.6 is 39.1 Å². The zero-order valence-corrected chi connectivity index (χ0v) is 15.2. The van der Waals surface area contributed by atoms with Gasteiger partial charge >= 0.3 is 23.1 Å². The second kappa shape index (κ2) is 9.18. The molecule has 1 rings (SSSR count). The minimum atomic E-state index is -1.23. The summed E-state index contributed by atoms with van der Waals surface area (Å²) in [7, 11) is 0. The smallest absolute Gasteiger partial charge is 1.00 e. The van der Waals surface area contributed by atoms with Crippen molar-refractivity contribution in [3.63, 3.8) is 0 Å². The van der Waals surface area contributed by atoms with Gasteiger partial charge in [-0.25, -0.2) is 0 Å². The maximum absolute atomic E-state index is 12.3. The van der Waals surface area contributed by atoms with E-state index in [0.29, 0.717) is 27.4 Å². The molecule has 1 unspecified atom stereocenters. The van der Waals surface area contributed by atoms with Crippen molar-refractivity contribution in [3.8, 4) is 0 Å². The molecule has 0 spiro atoms. The van der Waals surface area contributed by atoms with E-state index in [1.165, 1.54) is 0 Å². The van der Waals surface area contributed by atoms with E-state index in [-0.39, 0.29) is 40.0 Å². The third-order valence-corrected chi connectivity index (χ3v) is 3.78. The number of halogens is 4. The average molecular weight is 413 g/mol. The van der Waals surface area contributed by atoms with Crippen molar-refractivity contribution in [1.29, 1.82) is 0 Å². The summed E-state index contributed by atoms with van der Waals surface area (Å²) in [4.78, 5) is 0. The van der Waals surface area contributed by atoms with E-state index in [0.717, 1.165) is 0 Å². The van der Waals surface area contributed by atoms with Crippen LogP contribution in [0.2, 0.25) is 10.0 Å². The summed E-state index contributed by atoms with van der Waals surface area (Å²) in [6.45, 7) is 3.58. The largest absolute Gasteiger partial charge is 2.00 e. The Kier molecular flexibility index (Phi) is 11.1. The zero-order valence-electron chi connectivity index (χ0n) is 9.06. The molecule has 0 fully saturated rings. The Morgan fingerprint density at radius 3 is 2.35 bits per heavy atom. The van der Waals surface area contributed by atoms with Gasteiger partial charge in [0.15, 0.2) is 0 Å². The zero-order chi connectivity index (χ0) is 11.5. The van der Waals surface area contributed by atoms with Gasteiger partial charge in [-0.05, 0) is 23.9 Å². The summed E-state index contributed by atoms with van der Waals surface area (Å²) >= 11 is 14.9. The summed E-state index contributed by atoms with van der Waals surface area (Å²) in [5, 5.41) is 13.5. The van der Waals surface area contributed by atoms with Gasteiger partial charge in [0.1, 0.15) is 0 Å². The Labute approximate surface area is 147 Å². The molecule has 0 aliphatic carbocycles. The Hall–Kier alpha value is 1.23. The molecule has 0 saturated carbocycles. The third-order valence-electron chi connectivity index (χ3n) is 2.14. The van der Waals surface area contributed by atoms with Crippen LogP contribution in [0.5, 0.6) is 0 Å². The summed E-state index contributed by atoms with van der Waals surface area (Å²) in [6, 6.07) is 4.95. The van der Waals surface area contributed by atoms with Crippen LogP contribution in [-0.4, -0.2) is 28.4 Å². The van der Waals surface area contributed by atoms with Gasteiger partial charge < -0.3 is 22.1 Å². The summed E-state index contributed by atoms with van der Waals surface area (Å²) in [5.74, 6) is 0. The molecule has 1 aromatic rings. The molecule has 1 atom stereocenters. The first-order chi connectivity index (χ1) is 7.03. The molecule has 0 aliphatic rings. The Morgan fingerprint density at radius 1 is 1.35 bits per heavy atom. The van der Waals surface area contributed by atoms with Crippen molar-refractivity contribution in [3.05, 3.63) is 46.5 Å². The van der Waals surface area contributed by atoms with Gasteiger partial charge in [-0.3, -0.25) is 0 Å². The number of hydrogen-bond acceptors (Lipinski definition) is 1. The predicted octanol–water partition coefficient (Wildman–Crippen LogP) is 0.143. The van der Waals surface area contributed by atoms with Gasteiger partial charge in [0.2, 0.25) is 0 Å². The molecular formula is C11H10Br2Cl2MgO. The molecule has 17 heavy (non-hydrogen) atoms. The summed E-state index contributed by atoms with van der Waals surface area (Å²) < 4.78 is 0. The van der Waals surface area contributed by atoms with Gasteiger partial charge in [-0.1, -0.05) is 62.4 Å². The fourth-order valence-electron chi connectivity index (χ4n) is 1.26. The van der Waals surface area contributed by atoms with Gasteiger partial charge in [-0.2, -0.15) is 0 Å². The van der Waals surface area contributed by atoms with Crippen molar-refractivity contribution in [2.45, 2.75) is 12.0 Å². The van der Waals surface area contributed by atoms with Crippen LogP contribution in [0, 0.1) is 0 Å².